The van der Waals surface area contributed by atoms with Gasteiger partial charge in [0.05, 0.1) is 18.2 Å². The van der Waals surface area contributed by atoms with E-state index in [-0.39, 0.29) is 24.9 Å². The predicted octanol–water partition coefficient (Wildman–Crippen LogP) is -0.459. The molecule has 2 atom stereocenters. The molecule has 1 aliphatic rings. The number of nitrogens with zero attached hydrogens (tertiary/aromatic N) is 4. The number of rotatable bonds is 2. The van der Waals surface area contributed by atoms with Crippen LogP contribution in [0.25, 0.3) is 0 Å². The van der Waals surface area contributed by atoms with E-state index in [0.717, 1.165) is 0 Å². The van der Waals surface area contributed by atoms with Gasteiger partial charge in [-0.05, 0) is 6.07 Å². The van der Waals surface area contributed by atoms with Crippen molar-refractivity contribution >= 4 is 5.91 Å². The van der Waals surface area contributed by atoms with Crippen molar-refractivity contribution in [3.63, 3.8) is 0 Å². The number of hydrogen-bond donors (Lipinski definition) is 1. The normalized spacial score (nSPS) is 24.4. The molecule has 0 saturated carbocycles. The van der Waals surface area contributed by atoms with Crippen LogP contribution in [0.5, 0.6) is 0 Å². The van der Waals surface area contributed by atoms with E-state index < -0.39 is 6.10 Å². The van der Waals surface area contributed by atoms with Crippen molar-refractivity contribution in [3.05, 3.63) is 18.5 Å². The molecule has 1 aliphatic heterocycles. The van der Waals surface area contributed by atoms with Crippen LogP contribution in [-0.2, 0) is 4.79 Å². The minimum atomic E-state index is -0.623. The third kappa shape index (κ3) is 1.90. The monoisotopic (exact) mass is 220 g/mol. The van der Waals surface area contributed by atoms with Crippen molar-refractivity contribution in [1.82, 2.24) is 14.7 Å². The van der Waals surface area contributed by atoms with Gasteiger partial charge in [-0.25, -0.2) is 0 Å². The minimum absolute atomic E-state index is 0.140. The fourth-order valence-electron chi connectivity index (χ4n) is 1.89. The molecule has 0 radical (unpaired) electrons. The Bertz CT molecular complexity index is 409. The van der Waals surface area contributed by atoms with Crippen molar-refractivity contribution < 1.29 is 9.90 Å². The van der Waals surface area contributed by atoms with Crippen molar-refractivity contribution in [2.24, 2.45) is 0 Å². The van der Waals surface area contributed by atoms with E-state index in [1.54, 1.807) is 23.1 Å². The number of carbonyl (C=O) groups excluding carboxylic acids is 1. The van der Waals surface area contributed by atoms with Crippen LogP contribution in [0.2, 0.25) is 0 Å². The van der Waals surface area contributed by atoms with Crippen molar-refractivity contribution in [1.29, 1.82) is 5.26 Å². The maximum atomic E-state index is 11.5. The molecule has 0 aromatic carbocycles. The third-order valence-corrected chi connectivity index (χ3v) is 2.71. The van der Waals surface area contributed by atoms with Gasteiger partial charge in [0.2, 0.25) is 5.91 Å². The summed E-state index contributed by atoms with van der Waals surface area (Å²) in [5, 5.41) is 22.3. The number of aliphatic hydroxyl groups excluding tert-OH is 1. The molecule has 1 amide bonds. The Labute approximate surface area is 92.7 Å². The lowest BCUT2D eigenvalue weighted by atomic mass is 10.2. The van der Waals surface area contributed by atoms with Crippen LogP contribution in [0.15, 0.2) is 18.5 Å². The van der Waals surface area contributed by atoms with E-state index >= 15 is 0 Å². The Morgan fingerprint density at radius 2 is 2.44 bits per heavy atom. The largest absolute Gasteiger partial charge is 0.389 e. The van der Waals surface area contributed by atoms with E-state index in [0.29, 0.717) is 6.54 Å². The van der Waals surface area contributed by atoms with Gasteiger partial charge in [0.25, 0.3) is 0 Å². The molecule has 16 heavy (non-hydrogen) atoms. The second-order valence-electron chi connectivity index (χ2n) is 3.75. The highest BCUT2D eigenvalue weighted by molar-refractivity contribution is 5.78. The average Bonchev–Trinajstić information content (AvgIpc) is 2.86. The van der Waals surface area contributed by atoms with Crippen LogP contribution in [0.1, 0.15) is 12.5 Å². The van der Waals surface area contributed by atoms with Crippen LogP contribution in [-0.4, -0.2) is 44.9 Å². The molecule has 6 nitrogen and oxygen atoms in total. The first-order chi connectivity index (χ1) is 7.72. The zero-order valence-electron chi connectivity index (χ0n) is 8.65. The van der Waals surface area contributed by atoms with Gasteiger partial charge in [-0.2, -0.15) is 10.4 Å². The highest BCUT2D eigenvalue weighted by Crippen LogP contribution is 2.21. The number of aromatic nitrogens is 2. The summed E-state index contributed by atoms with van der Waals surface area (Å²) in [6.45, 7) is 0.675. The fourth-order valence-corrected chi connectivity index (χ4v) is 1.89. The first kappa shape index (κ1) is 10.6. The number of carbonyl (C=O) groups is 1. The number of β-amino-alcohol motifs (C(OH)–C–C–N with tert-alkyl or cyclic N) is 1. The van der Waals surface area contributed by atoms with E-state index in [2.05, 4.69) is 5.10 Å². The van der Waals surface area contributed by atoms with Gasteiger partial charge in [-0.3, -0.25) is 9.48 Å². The van der Waals surface area contributed by atoms with Crippen molar-refractivity contribution in [3.8, 4) is 6.07 Å². The molecule has 2 heterocycles. The molecule has 1 aromatic rings. The first-order valence-electron chi connectivity index (χ1n) is 5.04. The molecule has 1 fully saturated rings. The highest BCUT2D eigenvalue weighted by atomic mass is 16.3. The average molecular weight is 220 g/mol. The van der Waals surface area contributed by atoms with Gasteiger partial charge in [0, 0.05) is 25.5 Å². The molecular weight excluding hydrogens is 208 g/mol. The quantitative estimate of drug-likeness (QED) is 0.731. The summed E-state index contributed by atoms with van der Waals surface area (Å²) < 4.78 is 1.64. The standard InChI is InChI=1S/C10H12N4O2/c11-3-2-10(16)13-6-8(9(15)7-13)14-5-1-4-12-14/h1,4-5,8-9,15H,2,6-7H2. The number of hydrogen-bond acceptors (Lipinski definition) is 4. The molecule has 1 N–H and O–H groups in total. The third-order valence-electron chi connectivity index (χ3n) is 2.71. The Kier molecular flexibility index (Phi) is 2.88. The molecule has 84 valence electrons. The van der Waals surface area contributed by atoms with Crippen LogP contribution in [0.4, 0.5) is 0 Å². The van der Waals surface area contributed by atoms with Crippen LogP contribution >= 0.6 is 0 Å². The minimum Gasteiger partial charge on any atom is -0.389 e. The summed E-state index contributed by atoms with van der Waals surface area (Å²) in [6.07, 6.45) is 2.62. The second kappa shape index (κ2) is 4.33. The maximum absolute atomic E-state index is 11.5. The molecule has 0 aliphatic carbocycles. The zero-order chi connectivity index (χ0) is 11.5. The van der Waals surface area contributed by atoms with Gasteiger partial charge in [-0.1, -0.05) is 0 Å². The van der Waals surface area contributed by atoms with Crippen molar-refractivity contribution in [2.45, 2.75) is 18.6 Å². The summed E-state index contributed by atoms with van der Waals surface area (Å²) in [5.41, 5.74) is 0. The maximum Gasteiger partial charge on any atom is 0.236 e. The Morgan fingerprint density at radius 3 is 3.06 bits per heavy atom. The highest BCUT2D eigenvalue weighted by Gasteiger charge is 2.35. The van der Waals surface area contributed by atoms with Gasteiger partial charge < -0.3 is 10.0 Å². The fraction of sp³-hybridized carbons (Fsp3) is 0.500. The topological polar surface area (TPSA) is 82.1 Å². The zero-order valence-corrected chi connectivity index (χ0v) is 8.65. The Hall–Kier alpha value is -1.87. The molecule has 0 bridgehead atoms. The number of nitriles is 1. The number of likely N-dealkylation sites (tertiary alicyclic amines) is 1. The number of aliphatic hydroxyl groups is 1. The molecule has 1 saturated heterocycles. The lowest BCUT2D eigenvalue weighted by Crippen LogP contribution is -2.29. The summed E-state index contributed by atoms with van der Waals surface area (Å²) >= 11 is 0. The van der Waals surface area contributed by atoms with Crippen LogP contribution < -0.4 is 0 Å². The molecule has 1 aromatic heterocycles. The number of amides is 1. The molecule has 6 heteroatoms. The van der Waals surface area contributed by atoms with Crippen LogP contribution in [0, 0.1) is 11.3 Å². The second-order valence-corrected chi connectivity index (χ2v) is 3.75. The summed E-state index contributed by atoms with van der Waals surface area (Å²) in [4.78, 5) is 13.0. The predicted molar refractivity (Wildman–Crippen MR) is 54.1 cm³/mol. The van der Waals surface area contributed by atoms with E-state index in [1.807, 2.05) is 6.07 Å². The molecule has 0 spiro atoms. The Balaban J connectivity index is 2.05. The first-order valence-corrected chi connectivity index (χ1v) is 5.04. The molecule has 2 unspecified atom stereocenters. The summed E-state index contributed by atoms with van der Waals surface area (Å²) in [5.74, 6) is -0.240. The van der Waals surface area contributed by atoms with E-state index in [4.69, 9.17) is 5.26 Å². The smallest absolute Gasteiger partial charge is 0.236 e. The van der Waals surface area contributed by atoms with Crippen LogP contribution in [0.3, 0.4) is 0 Å². The van der Waals surface area contributed by atoms with Gasteiger partial charge in [-0.15, -0.1) is 0 Å². The van der Waals surface area contributed by atoms with Gasteiger partial charge in [0.15, 0.2) is 0 Å². The summed E-state index contributed by atoms with van der Waals surface area (Å²) in [6, 6.07) is 3.37. The van der Waals surface area contributed by atoms with Crippen molar-refractivity contribution in [2.75, 3.05) is 13.1 Å². The molecule has 2 rings (SSSR count). The van der Waals surface area contributed by atoms with E-state index in [9.17, 15) is 9.90 Å². The molecular formula is C10H12N4O2. The van der Waals surface area contributed by atoms with E-state index in [1.165, 1.54) is 4.90 Å². The van der Waals surface area contributed by atoms with Gasteiger partial charge >= 0.3 is 0 Å². The lowest BCUT2D eigenvalue weighted by Gasteiger charge is -2.14. The lowest BCUT2D eigenvalue weighted by molar-refractivity contribution is -0.129. The SMILES string of the molecule is N#CCC(=O)N1CC(O)C(n2cccn2)C1. The summed E-state index contributed by atoms with van der Waals surface area (Å²) in [7, 11) is 0. The van der Waals surface area contributed by atoms with Gasteiger partial charge in [0.1, 0.15) is 6.42 Å². The Morgan fingerprint density at radius 1 is 1.62 bits per heavy atom.